The summed E-state index contributed by atoms with van der Waals surface area (Å²) in [4.78, 5) is 11.5. The van der Waals surface area contributed by atoms with E-state index in [0.29, 0.717) is 23.9 Å². The summed E-state index contributed by atoms with van der Waals surface area (Å²) in [6.45, 7) is 7.51. The van der Waals surface area contributed by atoms with Crippen molar-refractivity contribution in [3.8, 4) is 0 Å². The molecule has 0 aromatic heterocycles. The number of aryl methyl sites for hydroxylation is 1. The lowest BCUT2D eigenvalue weighted by Gasteiger charge is -2.11. The SMILES string of the molecule is Cc1ccc(Cl)cc1NCCC(=O)NCC(C)C. The first-order valence-electron chi connectivity index (χ1n) is 6.25. The average Bonchev–Trinajstić information content (AvgIpc) is 2.31. The van der Waals surface area contributed by atoms with Gasteiger partial charge in [-0.15, -0.1) is 0 Å². The standard InChI is InChI=1S/C14H21ClN2O/c1-10(2)9-17-14(18)6-7-16-13-8-12(15)5-4-11(13)3/h4-5,8,10,16H,6-7,9H2,1-3H3,(H,17,18). The van der Waals surface area contributed by atoms with Crippen molar-refractivity contribution in [1.29, 1.82) is 0 Å². The third kappa shape index (κ3) is 5.41. The van der Waals surface area contributed by atoms with Crippen molar-refractivity contribution in [1.82, 2.24) is 5.32 Å². The van der Waals surface area contributed by atoms with Crippen LogP contribution in [0, 0.1) is 12.8 Å². The number of hydrogen-bond acceptors (Lipinski definition) is 2. The molecule has 0 heterocycles. The van der Waals surface area contributed by atoms with Crippen LogP contribution in [0.25, 0.3) is 0 Å². The Hall–Kier alpha value is -1.22. The Bertz CT molecular complexity index is 405. The molecule has 0 spiro atoms. The maximum absolute atomic E-state index is 11.5. The van der Waals surface area contributed by atoms with Gasteiger partial charge >= 0.3 is 0 Å². The molecule has 0 atom stereocenters. The van der Waals surface area contributed by atoms with Crippen molar-refractivity contribution in [3.63, 3.8) is 0 Å². The van der Waals surface area contributed by atoms with Gasteiger partial charge in [-0.2, -0.15) is 0 Å². The zero-order chi connectivity index (χ0) is 13.5. The summed E-state index contributed by atoms with van der Waals surface area (Å²) in [6.07, 6.45) is 0.471. The van der Waals surface area contributed by atoms with E-state index in [9.17, 15) is 4.79 Å². The van der Waals surface area contributed by atoms with Crippen LogP contribution < -0.4 is 10.6 Å². The van der Waals surface area contributed by atoms with Gasteiger partial charge in [0, 0.05) is 30.2 Å². The number of nitrogens with one attached hydrogen (secondary N) is 2. The number of anilines is 1. The van der Waals surface area contributed by atoms with Gasteiger partial charge in [-0.1, -0.05) is 31.5 Å². The fourth-order valence-electron chi connectivity index (χ4n) is 1.50. The van der Waals surface area contributed by atoms with Crippen molar-refractivity contribution in [2.75, 3.05) is 18.4 Å². The van der Waals surface area contributed by atoms with Crippen LogP contribution >= 0.6 is 11.6 Å². The maximum Gasteiger partial charge on any atom is 0.221 e. The van der Waals surface area contributed by atoms with Crippen LogP contribution in [0.2, 0.25) is 5.02 Å². The first-order valence-corrected chi connectivity index (χ1v) is 6.63. The molecule has 0 saturated heterocycles. The number of halogens is 1. The Morgan fingerprint density at radius 1 is 1.39 bits per heavy atom. The van der Waals surface area contributed by atoms with Crippen LogP contribution in [0.3, 0.4) is 0 Å². The molecule has 3 nitrogen and oxygen atoms in total. The lowest BCUT2D eigenvalue weighted by atomic mass is 10.2. The van der Waals surface area contributed by atoms with Gasteiger partial charge in [0.1, 0.15) is 0 Å². The summed E-state index contributed by atoms with van der Waals surface area (Å²) in [7, 11) is 0. The molecule has 0 aliphatic rings. The summed E-state index contributed by atoms with van der Waals surface area (Å²) in [5, 5.41) is 6.82. The molecule has 1 aromatic carbocycles. The normalized spacial score (nSPS) is 10.5. The molecular formula is C14H21ClN2O. The second kappa shape index (κ2) is 7.27. The number of hydrogen-bond donors (Lipinski definition) is 2. The number of carbonyl (C=O) groups is 1. The summed E-state index contributed by atoms with van der Waals surface area (Å²) >= 11 is 5.92. The van der Waals surface area contributed by atoms with E-state index < -0.39 is 0 Å². The van der Waals surface area contributed by atoms with E-state index in [-0.39, 0.29) is 5.91 Å². The highest BCUT2D eigenvalue weighted by molar-refractivity contribution is 6.30. The molecule has 0 saturated carbocycles. The molecule has 100 valence electrons. The van der Waals surface area contributed by atoms with Crippen LogP contribution in [-0.2, 0) is 4.79 Å². The summed E-state index contributed by atoms with van der Waals surface area (Å²) in [5.74, 6) is 0.563. The van der Waals surface area contributed by atoms with E-state index in [1.165, 1.54) is 0 Å². The monoisotopic (exact) mass is 268 g/mol. The quantitative estimate of drug-likeness (QED) is 0.832. The molecule has 0 radical (unpaired) electrons. The summed E-state index contributed by atoms with van der Waals surface area (Å²) in [5.41, 5.74) is 2.11. The molecule has 4 heteroatoms. The van der Waals surface area contributed by atoms with E-state index in [2.05, 4.69) is 24.5 Å². The van der Waals surface area contributed by atoms with Gasteiger partial charge in [0.25, 0.3) is 0 Å². The topological polar surface area (TPSA) is 41.1 Å². The van der Waals surface area contributed by atoms with E-state index in [0.717, 1.165) is 17.8 Å². The van der Waals surface area contributed by atoms with Gasteiger partial charge in [0.15, 0.2) is 0 Å². The van der Waals surface area contributed by atoms with Crippen molar-refractivity contribution in [2.45, 2.75) is 27.2 Å². The zero-order valence-electron chi connectivity index (χ0n) is 11.2. The number of benzene rings is 1. The van der Waals surface area contributed by atoms with Crippen LogP contribution in [0.4, 0.5) is 5.69 Å². The summed E-state index contributed by atoms with van der Waals surface area (Å²) in [6, 6.07) is 5.70. The number of carbonyl (C=O) groups excluding carboxylic acids is 1. The van der Waals surface area contributed by atoms with Crippen LogP contribution in [0.5, 0.6) is 0 Å². The van der Waals surface area contributed by atoms with E-state index in [1.807, 2.05) is 25.1 Å². The van der Waals surface area contributed by atoms with Gasteiger partial charge in [-0.25, -0.2) is 0 Å². The lowest BCUT2D eigenvalue weighted by Crippen LogP contribution is -2.28. The molecule has 2 N–H and O–H groups in total. The maximum atomic E-state index is 11.5. The molecule has 0 fully saturated rings. The molecule has 0 unspecified atom stereocenters. The highest BCUT2D eigenvalue weighted by Gasteiger charge is 2.03. The van der Waals surface area contributed by atoms with Crippen LogP contribution in [-0.4, -0.2) is 19.0 Å². The van der Waals surface area contributed by atoms with E-state index in [1.54, 1.807) is 0 Å². The molecule has 18 heavy (non-hydrogen) atoms. The molecule has 1 rings (SSSR count). The zero-order valence-corrected chi connectivity index (χ0v) is 12.0. The molecule has 0 aliphatic carbocycles. The van der Waals surface area contributed by atoms with E-state index >= 15 is 0 Å². The first-order chi connectivity index (χ1) is 8.49. The second-order valence-electron chi connectivity index (χ2n) is 4.83. The minimum absolute atomic E-state index is 0.0795. The predicted molar refractivity (Wildman–Crippen MR) is 77.1 cm³/mol. The Kier molecular flexibility index (Phi) is 5.99. The highest BCUT2D eigenvalue weighted by atomic mass is 35.5. The molecule has 1 amide bonds. The second-order valence-corrected chi connectivity index (χ2v) is 5.27. The lowest BCUT2D eigenvalue weighted by molar-refractivity contribution is -0.120. The Morgan fingerprint density at radius 3 is 2.78 bits per heavy atom. The van der Waals surface area contributed by atoms with Gasteiger partial charge in [0.2, 0.25) is 5.91 Å². The van der Waals surface area contributed by atoms with E-state index in [4.69, 9.17) is 11.6 Å². The van der Waals surface area contributed by atoms with Crippen LogP contribution in [0.15, 0.2) is 18.2 Å². The van der Waals surface area contributed by atoms with Crippen molar-refractivity contribution in [3.05, 3.63) is 28.8 Å². The minimum Gasteiger partial charge on any atom is -0.384 e. The fraction of sp³-hybridized carbons (Fsp3) is 0.500. The summed E-state index contributed by atoms with van der Waals surface area (Å²) < 4.78 is 0. The molecule has 0 aliphatic heterocycles. The first kappa shape index (κ1) is 14.8. The fourth-order valence-corrected chi connectivity index (χ4v) is 1.67. The van der Waals surface area contributed by atoms with Gasteiger partial charge in [0.05, 0.1) is 0 Å². The van der Waals surface area contributed by atoms with Crippen LogP contribution in [0.1, 0.15) is 25.8 Å². The Balaban J connectivity index is 2.33. The predicted octanol–water partition coefficient (Wildman–Crippen LogP) is 3.22. The van der Waals surface area contributed by atoms with Crippen molar-refractivity contribution in [2.24, 2.45) is 5.92 Å². The Labute approximate surface area is 114 Å². The van der Waals surface area contributed by atoms with Gasteiger partial charge in [-0.3, -0.25) is 4.79 Å². The number of rotatable bonds is 6. The smallest absolute Gasteiger partial charge is 0.221 e. The third-order valence-electron chi connectivity index (χ3n) is 2.57. The average molecular weight is 269 g/mol. The highest BCUT2D eigenvalue weighted by Crippen LogP contribution is 2.19. The Morgan fingerprint density at radius 2 is 2.11 bits per heavy atom. The molecular weight excluding hydrogens is 248 g/mol. The number of amides is 1. The van der Waals surface area contributed by atoms with Crippen molar-refractivity contribution >= 4 is 23.2 Å². The minimum atomic E-state index is 0.0795. The third-order valence-corrected chi connectivity index (χ3v) is 2.81. The molecule has 1 aromatic rings. The largest absolute Gasteiger partial charge is 0.384 e. The van der Waals surface area contributed by atoms with Gasteiger partial charge in [-0.05, 0) is 30.5 Å². The van der Waals surface area contributed by atoms with Gasteiger partial charge < -0.3 is 10.6 Å². The van der Waals surface area contributed by atoms with Crippen molar-refractivity contribution < 1.29 is 4.79 Å². The molecule has 0 bridgehead atoms.